The van der Waals surface area contributed by atoms with Gasteiger partial charge in [0.25, 0.3) is 5.69 Å². The number of phosphoric ester groups is 1. The Kier molecular flexibility index (Phi) is 12.9. The van der Waals surface area contributed by atoms with E-state index >= 15 is 0 Å². The Morgan fingerprint density at radius 1 is 1.09 bits per heavy atom. The van der Waals surface area contributed by atoms with Crippen LogP contribution in [0.5, 0.6) is 5.75 Å². The lowest BCUT2D eigenvalue weighted by atomic mass is 10.2. The molecule has 1 aromatic carbocycles. The first-order valence-electron chi connectivity index (χ1n) is 9.68. The highest BCUT2D eigenvalue weighted by Crippen LogP contribution is 2.35. The van der Waals surface area contributed by atoms with Crippen LogP contribution in [0.1, 0.15) is 25.7 Å². The molecule has 0 bridgehead atoms. The number of rotatable bonds is 12. The molecule has 12 nitrogen and oxygen atoms in total. The minimum absolute atomic E-state index is 0.0289. The van der Waals surface area contributed by atoms with E-state index in [1.165, 1.54) is 24.3 Å². The number of halogens is 3. The smallest absolute Gasteiger partial charge is 0.469 e. The van der Waals surface area contributed by atoms with Gasteiger partial charge in [0.2, 0.25) is 0 Å². The van der Waals surface area contributed by atoms with E-state index in [0.29, 0.717) is 17.4 Å². The second kappa shape index (κ2) is 14.0. The van der Waals surface area contributed by atoms with Gasteiger partial charge in [-0.15, -0.1) is 0 Å². The van der Waals surface area contributed by atoms with Crippen LogP contribution in [0.3, 0.4) is 0 Å². The fourth-order valence-corrected chi connectivity index (χ4v) is 2.64. The SMILES string of the molecule is C[N+](C)(CCCCCC(=O)Oc1ccc([N+](=O)[O-])cc1)CCOP(=O)(O)O.O=C([O-])C(F)(F)F. The molecule has 0 amide bonds. The number of phosphoric acid groups is 1. The number of benzene rings is 1. The minimum atomic E-state index is -5.19. The van der Waals surface area contributed by atoms with Crippen LogP contribution in [-0.2, 0) is 18.7 Å². The van der Waals surface area contributed by atoms with Gasteiger partial charge >= 0.3 is 20.0 Å². The molecule has 194 valence electrons. The molecule has 0 aliphatic rings. The van der Waals surface area contributed by atoms with E-state index in [1.807, 2.05) is 14.1 Å². The molecule has 0 fully saturated rings. The van der Waals surface area contributed by atoms with Crippen molar-refractivity contribution in [1.82, 2.24) is 0 Å². The lowest BCUT2D eigenvalue weighted by Crippen LogP contribution is -2.42. The summed E-state index contributed by atoms with van der Waals surface area (Å²) in [6, 6.07) is 5.32. The lowest BCUT2D eigenvalue weighted by molar-refractivity contribution is -0.890. The van der Waals surface area contributed by atoms with Crippen molar-refractivity contribution < 1.29 is 60.9 Å². The van der Waals surface area contributed by atoms with Gasteiger partial charge in [0.15, 0.2) is 0 Å². The number of carbonyl (C=O) groups excluding carboxylic acids is 2. The van der Waals surface area contributed by atoms with Gasteiger partial charge in [-0.1, -0.05) is 0 Å². The van der Waals surface area contributed by atoms with Crippen molar-refractivity contribution in [3.05, 3.63) is 34.4 Å². The quantitative estimate of drug-likeness (QED) is 0.0785. The Labute approximate surface area is 192 Å². The first-order chi connectivity index (χ1) is 15.4. The number of carboxylic acids is 1. The number of nitrogens with zero attached hydrogens (tertiary/aromatic N) is 2. The van der Waals surface area contributed by atoms with E-state index in [2.05, 4.69) is 4.52 Å². The summed E-state index contributed by atoms with van der Waals surface area (Å²) >= 11 is 0. The minimum Gasteiger partial charge on any atom is -0.542 e. The maximum absolute atomic E-state index is 11.8. The topological polar surface area (TPSA) is 176 Å². The van der Waals surface area contributed by atoms with Crippen molar-refractivity contribution in [2.75, 3.05) is 33.8 Å². The number of alkyl halides is 3. The number of hydrogen-bond donors (Lipinski definition) is 2. The summed E-state index contributed by atoms with van der Waals surface area (Å²) in [7, 11) is -0.558. The molecule has 2 N–H and O–H groups in total. The molecule has 0 aliphatic heterocycles. The molecule has 34 heavy (non-hydrogen) atoms. The third-order valence-electron chi connectivity index (χ3n) is 4.11. The van der Waals surface area contributed by atoms with Crippen LogP contribution in [0.25, 0.3) is 0 Å². The first-order valence-corrected chi connectivity index (χ1v) is 11.2. The third-order valence-corrected chi connectivity index (χ3v) is 4.63. The molecule has 1 aromatic rings. The number of non-ortho nitro benzene ring substituents is 1. The maximum atomic E-state index is 11.8. The van der Waals surface area contributed by atoms with E-state index in [0.717, 1.165) is 19.4 Å². The van der Waals surface area contributed by atoms with Crippen LogP contribution in [0, 0.1) is 10.1 Å². The number of ether oxygens (including phenoxy) is 1. The summed E-state index contributed by atoms with van der Waals surface area (Å²) in [6.45, 7) is 1.22. The molecule has 16 heteroatoms. The van der Waals surface area contributed by atoms with Crippen molar-refractivity contribution in [3.63, 3.8) is 0 Å². The molecule has 0 aliphatic carbocycles. The van der Waals surface area contributed by atoms with E-state index in [-0.39, 0.29) is 24.5 Å². The van der Waals surface area contributed by atoms with Crippen LogP contribution in [0.2, 0.25) is 0 Å². The highest BCUT2D eigenvalue weighted by atomic mass is 31.2. The zero-order chi connectivity index (χ0) is 26.6. The van der Waals surface area contributed by atoms with Gasteiger partial charge in [-0.25, -0.2) is 4.57 Å². The van der Waals surface area contributed by atoms with Crippen LogP contribution < -0.4 is 9.84 Å². The zero-order valence-electron chi connectivity index (χ0n) is 18.4. The predicted octanol–water partition coefficient (Wildman–Crippen LogP) is 1.54. The van der Waals surface area contributed by atoms with Crippen LogP contribution in [-0.4, -0.2) is 71.1 Å². The second-order valence-corrected chi connectivity index (χ2v) is 8.77. The largest absolute Gasteiger partial charge is 0.542 e. The fraction of sp³-hybridized carbons (Fsp3) is 0.556. The van der Waals surface area contributed by atoms with Gasteiger partial charge in [0.05, 0.1) is 25.6 Å². The lowest BCUT2D eigenvalue weighted by Gasteiger charge is -2.29. The molecule has 0 saturated heterocycles. The van der Waals surface area contributed by atoms with Gasteiger partial charge < -0.3 is 28.9 Å². The molecule has 0 radical (unpaired) electrons. The number of nitro groups is 1. The average Bonchev–Trinajstić information content (AvgIpc) is 2.66. The molecular weight excluding hydrogens is 492 g/mol. The summed E-state index contributed by atoms with van der Waals surface area (Å²) < 4.78 is 52.3. The van der Waals surface area contributed by atoms with Gasteiger partial charge in [0.1, 0.15) is 24.9 Å². The number of quaternary nitrogens is 1. The Hall–Kier alpha value is -2.58. The van der Waals surface area contributed by atoms with E-state index < -0.39 is 30.9 Å². The van der Waals surface area contributed by atoms with Gasteiger partial charge in [0, 0.05) is 18.6 Å². The Balaban J connectivity index is 0.00000135. The average molecular weight is 518 g/mol. The molecule has 0 spiro atoms. The first kappa shape index (κ1) is 31.4. The highest BCUT2D eigenvalue weighted by Gasteiger charge is 2.28. The van der Waals surface area contributed by atoms with Gasteiger partial charge in [-0.05, 0) is 31.4 Å². The van der Waals surface area contributed by atoms with Crippen LogP contribution in [0.4, 0.5) is 18.9 Å². The number of unbranched alkanes of at least 4 members (excludes halogenated alkanes) is 2. The van der Waals surface area contributed by atoms with E-state index in [1.54, 1.807) is 0 Å². The standard InChI is InChI=1S/C16H25N2O8P.C2HF3O2/c1-18(2,12-13-25-27(22,23)24)11-5-3-4-6-16(19)26-15-9-7-14(8-10-15)17(20)21;3-2(4,5)1(6)7/h7-10H,3-6,11-13H2,1-2H3,(H-,22,23,24);(H,6,7). The summed E-state index contributed by atoms with van der Waals surface area (Å²) in [5, 5.41) is 19.3. The molecule has 1 rings (SSSR count). The number of likely N-dealkylation sites (N-methyl/N-ethyl adjacent to an activating group) is 1. The summed E-state index contributed by atoms with van der Waals surface area (Å²) in [5.74, 6) is -3.13. The molecule has 0 saturated carbocycles. The predicted molar refractivity (Wildman–Crippen MR) is 108 cm³/mol. The summed E-state index contributed by atoms with van der Waals surface area (Å²) in [5.41, 5.74) is -0.0678. The highest BCUT2D eigenvalue weighted by molar-refractivity contribution is 7.46. The van der Waals surface area contributed by atoms with E-state index in [4.69, 9.17) is 24.4 Å². The third kappa shape index (κ3) is 16.1. The summed E-state index contributed by atoms with van der Waals surface area (Å²) in [4.78, 5) is 47.9. The van der Waals surface area contributed by atoms with Crippen LogP contribution in [0.15, 0.2) is 24.3 Å². The molecule has 0 atom stereocenters. The number of carboxylic acid groups (broad SMARTS) is 1. The number of aliphatic carboxylic acids is 1. The van der Waals surface area contributed by atoms with Crippen molar-refractivity contribution in [2.24, 2.45) is 0 Å². The Morgan fingerprint density at radius 3 is 2.06 bits per heavy atom. The van der Waals surface area contributed by atoms with E-state index in [9.17, 15) is 32.6 Å². The molecule has 0 heterocycles. The van der Waals surface area contributed by atoms with Crippen LogP contribution >= 0.6 is 7.82 Å². The summed E-state index contributed by atoms with van der Waals surface area (Å²) in [6.07, 6.45) is -2.67. The number of nitro benzene ring substituents is 1. The van der Waals surface area contributed by atoms with Crippen molar-refractivity contribution >= 4 is 25.4 Å². The van der Waals surface area contributed by atoms with Gasteiger partial charge in [-0.2, -0.15) is 13.2 Å². The number of esters is 1. The number of carbonyl (C=O) groups is 2. The fourth-order valence-electron chi connectivity index (χ4n) is 2.32. The van der Waals surface area contributed by atoms with Gasteiger partial charge in [-0.3, -0.25) is 19.4 Å². The maximum Gasteiger partial charge on any atom is 0.469 e. The monoisotopic (exact) mass is 518 g/mol. The second-order valence-electron chi connectivity index (χ2n) is 7.53. The normalized spacial score (nSPS) is 11.9. The molecule has 0 aromatic heterocycles. The number of hydrogen-bond acceptors (Lipinski definition) is 8. The Morgan fingerprint density at radius 2 is 1.62 bits per heavy atom. The Bertz CT molecular complexity index is 857. The van der Waals surface area contributed by atoms with Crippen molar-refractivity contribution in [2.45, 2.75) is 31.9 Å². The molecular formula is C18H26F3N2O10P. The van der Waals surface area contributed by atoms with Crippen molar-refractivity contribution in [3.8, 4) is 5.75 Å². The molecule has 0 unspecified atom stereocenters. The van der Waals surface area contributed by atoms with Crippen molar-refractivity contribution in [1.29, 1.82) is 0 Å². The zero-order valence-corrected chi connectivity index (χ0v) is 19.3.